The van der Waals surface area contributed by atoms with Gasteiger partial charge in [0, 0.05) is 10.9 Å². The summed E-state index contributed by atoms with van der Waals surface area (Å²) in [4.78, 5) is 11.6. The van der Waals surface area contributed by atoms with E-state index >= 15 is 0 Å². The van der Waals surface area contributed by atoms with Crippen molar-refractivity contribution >= 4 is 17.3 Å². The summed E-state index contributed by atoms with van der Waals surface area (Å²) in [5.74, 6) is 0.0818. The van der Waals surface area contributed by atoms with E-state index in [1.54, 1.807) is 5.38 Å². The molecule has 1 aromatic heterocycles. The van der Waals surface area contributed by atoms with Crippen molar-refractivity contribution in [2.24, 2.45) is 0 Å². The van der Waals surface area contributed by atoms with Gasteiger partial charge in [-0.05, 0) is 11.5 Å². The third-order valence-electron chi connectivity index (χ3n) is 1.84. The molecule has 1 aromatic carbocycles. The molecular weight excluding hydrogens is 196 g/mol. The molecule has 3 nitrogen and oxygen atoms in total. The summed E-state index contributed by atoms with van der Waals surface area (Å²) in [5, 5.41) is 5.62. The number of benzene rings is 1. The van der Waals surface area contributed by atoms with Crippen molar-refractivity contribution in [2.75, 3.05) is 0 Å². The standard InChI is InChI=1S/C10H8N2OS/c13-10(6-9-7-14-12-11-9)8-4-2-1-3-5-8/h1-5,7H,6H2. The lowest BCUT2D eigenvalue weighted by Gasteiger charge is -1.96. The fourth-order valence-corrected chi connectivity index (χ4v) is 1.60. The van der Waals surface area contributed by atoms with Crippen LogP contribution in [-0.2, 0) is 6.42 Å². The van der Waals surface area contributed by atoms with Gasteiger partial charge in [0.25, 0.3) is 0 Å². The van der Waals surface area contributed by atoms with Crippen LogP contribution < -0.4 is 0 Å². The maximum absolute atomic E-state index is 11.6. The lowest BCUT2D eigenvalue weighted by atomic mass is 10.1. The Balaban J connectivity index is 2.11. The second-order valence-corrected chi connectivity index (χ2v) is 3.47. The van der Waals surface area contributed by atoms with E-state index in [0.29, 0.717) is 6.42 Å². The minimum Gasteiger partial charge on any atom is -0.294 e. The molecular formula is C10H8N2OS. The number of carbonyl (C=O) groups excluding carboxylic acids is 1. The molecule has 0 amide bonds. The average molecular weight is 204 g/mol. The summed E-state index contributed by atoms with van der Waals surface area (Å²) in [7, 11) is 0. The number of nitrogens with zero attached hydrogens (tertiary/aromatic N) is 2. The van der Waals surface area contributed by atoms with E-state index in [0.717, 1.165) is 11.3 Å². The van der Waals surface area contributed by atoms with Gasteiger partial charge in [0.05, 0.1) is 12.1 Å². The van der Waals surface area contributed by atoms with E-state index in [1.165, 1.54) is 11.5 Å². The van der Waals surface area contributed by atoms with Crippen molar-refractivity contribution in [3.8, 4) is 0 Å². The van der Waals surface area contributed by atoms with Crippen LogP contribution in [-0.4, -0.2) is 15.4 Å². The van der Waals surface area contributed by atoms with Crippen LogP contribution in [0.3, 0.4) is 0 Å². The summed E-state index contributed by atoms with van der Waals surface area (Å²) in [6.07, 6.45) is 0.334. The molecule has 2 aromatic rings. The van der Waals surface area contributed by atoms with Gasteiger partial charge in [0.15, 0.2) is 5.78 Å². The first-order valence-electron chi connectivity index (χ1n) is 4.20. The number of Topliss-reactive ketones (excluding diaryl/α,β-unsaturated/α-hetero) is 1. The minimum atomic E-state index is 0.0818. The van der Waals surface area contributed by atoms with Gasteiger partial charge in [-0.1, -0.05) is 34.8 Å². The monoisotopic (exact) mass is 204 g/mol. The normalized spacial score (nSPS) is 10.0. The smallest absolute Gasteiger partial charge is 0.168 e. The molecule has 0 aliphatic rings. The van der Waals surface area contributed by atoms with Crippen LogP contribution in [0.25, 0.3) is 0 Å². The van der Waals surface area contributed by atoms with Gasteiger partial charge >= 0.3 is 0 Å². The number of carbonyl (C=O) groups is 1. The van der Waals surface area contributed by atoms with Crippen LogP contribution >= 0.6 is 11.5 Å². The van der Waals surface area contributed by atoms with E-state index in [4.69, 9.17) is 0 Å². The van der Waals surface area contributed by atoms with Gasteiger partial charge < -0.3 is 0 Å². The molecule has 0 atom stereocenters. The van der Waals surface area contributed by atoms with Gasteiger partial charge in [-0.25, -0.2) is 0 Å². The van der Waals surface area contributed by atoms with Gasteiger partial charge in [-0.3, -0.25) is 4.79 Å². The van der Waals surface area contributed by atoms with E-state index in [2.05, 4.69) is 9.59 Å². The van der Waals surface area contributed by atoms with Gasteiger partial charge in [-0.15, -0.1) is 5.10 Å². The lowest BCUT2D eigenvalue weighted by Crippen LogP contribution is -2.03. The van der Waals surface area contributed by atoms with E-state index in [-0.39, 0.29) is 5.78 Å². The molecule has 0 spiro atoms. The molecule has 0 saturated carbocycles. The van der Waals surface area contributed by atoms with E-state index in [9.17, 15) is 4.79 Å². The van der Waals surface area contributed by atoms with Gasteiger partial charge in [-0.2, -0.15) is 0 Å². The number of aromatic nitrogens is 2. The summed E-state index contributed by atoms with van der Waals surface area (Å²) < 4.78 is 3.71. The Kier molecular flexibility index (Phi) is 2.65. The second-order valence-electron chi connectivity index (χ2n) is 2.86. The fourth-order valence-electron chi connectivity index (χ4n) is 1.15. The maximum atomic E-state index is 11.6. The Morgan fingerprint density at radius 1 is 1.29 bits per heavy atom. The van der Waals surface area contributed by atoms with Crippen molar-refractivity contribution in [3.63, 3.8) is 0 Å². The molecule has 4 heteroatoms. The van der Waals surface area contributed by atoms with Crippen molar-refractivity contribution in [1.29, 1.82) is 0 Å². The fraction of sp³-hybridized carbons (Fsp3) is 0.100. The predicted molar refractivity (Wildman–Crippen MR) is 54.4 cm³/mol. The molecule has 1 heterocycles. The molecule has 0 radical (unpaired) electrons. The number of hydrogen-bond donors (Lipinski definition) is 0. The number of rotatable bonds is 3. The molecule has 0 unspecified atom stereocenters. The van der Waals surface area contributed by atoms with Crippen LogP contribution in [0.15, 0.2) is 35.7 Å². The first kappa shape index (κ1) is 9.02. The summed E-state index contributed by atoms with van der Waals surface area (Å²) in [6.45, 7) is 0. The van der Waals surface area contributed by atoms with Crippen LogP contribution in [0.5, 0.6) is 0 Å². The Hall–Kier alpha value is -1.55. The first-order valence-corrected chi connectivity index (χ1v) is 5.04. The van der Waals surface area contributed by atoms with E-state index < -0.39 is 0 Å². The molecule has 14 heavy (non-hydrogen) atoms. The van der Waals surface area contributed by atoms with Gasteiger partial charge in [0.2, 0.25) is 0 Å². The second kappa shape index (κ2) is 4.11. The van der Waals surface area contributed by atoms with Crippen molar-refractivity contribution in [3.05, 3.63) is 47.0 Å². The van der Waals surface area contributed by atoms with Gasteiger partial charge in [0.1, 0.15) is 0 Å². The molecule has 0 saturated heterocycles. The average Bonchev–Trinajstić information content (AvgIpc) is 2.72. The SMILES string of the molecule is O=C(Cc1csnn1)c1ccccc1. The Morgan fingerprint density at radius 3 is 2.71 bits per heavy atom. The zero-order valence-corrected chi connectivity index (χ0v) is 8.20. The molecule has 0 bridgehead atoms. The highest BCUT2D eigenvalue weighted by molar-refractivity contribution is 7.03. The van der Waals surface area contributed by atoms with Crippen LogP contribution in [0.4, 0.5) is 0 Å². The van der Waals surface area contributed by atoms with Crippen molar-refractivity contribution in [2.45, 2.75) is 6.42 Å². The minimum absolute atomic E-state index is 0.0818. The molecule has 0 N–H and O–H groups in total. The lowest BCUT2D eigenvalue weighted by molar-refractivity contribution is 0.0992. The van der Waals surface area contributed by atoms with Crippen LogP contribution in [0, 0.1) is 0 Å². The van der Waals surface area contributed by atoms with Crippen LogP contribution in [0.2, 0.25) is 0 Å². The summed E-state index contributed by atoms with van der Waals surface area (Å²) >= 11 is 1.26. The third-order valence-corrected chi connectivity index (χ3v) is 2.40. The van der Waals surface area contributed by atoms with Crippen molar-refractivity contribution < 1.29 is 4.79 Å². The topological polar surface area (TPSA) is 42.9 Å². The van der Waals surface area contributed by atoms with Crippen LogP contribution in [0.1, 0.15) is 16.1 Å². The van der Waals surface area contributed by atoms with E-state index in [1.807, 2.05) is 30.3 Å². The molecule has 0 fully saturated rings. The zero-order valence-electron chi connectivity index (χ0n) is 7.38. The number of ketones is 1. The highest BCUT2D eigenvalue weighted by atomic mass is 32.1. The summed E-state index contributed by atoms with van der Waals surface area (Å²) in [5.41, 5.74) is 1.46. The molecule has 0 aliphatic carbocycles. The molecule has 0 aliphatic heterocycles. The third kappa shape index (κ3) is 2.03. The number of hydrogen-bond acceptors (Lipinski definition) is 4. The largest absolute Gasteiger partial charge is 0.294 e. The Morgan fingerprint density at radius 2 is 2.07 bits per heavy atom. The highest BCUT2D eigenvalue weighted by Crippen LogP contribution is 2.05. The molecule has 2 rings (SSSR count). The summed E-state index contributed by atoms with van der Waals surface area (Å²) in [6, 6.07) is 9.21. The Labute approximate surface area is 85.6 Å². The molecule has 70 valence electrons. The Bertz CT molecular complexity index is 411. The highest BCUT2D eigenvalue weighted by Gasteiger charge is 2.07. The maximum Gasteiger partial charge on any atom is 0.168 e. The zero-order chi connectivity index (χ0) is 9.80. The first-order chi connectivity index (χ1) is 6.86. The quantitative estimate of drug-likeness (QED) is 0.718. The van der Waals surface area contributed by atoms with Crippen molar-refractivity contribution in [1.82, 2.24) is 9.59 Å². The predicted octanol–water partition coefficient (Wildman–Crippen LogP) is 1.96.